The van der Waals surface area contributed by atoms with Crippen molar-refractivity contribution in [2.45, 2.75) is 62.9 Å². The van der Waals surface area contributed by atoms with Gasteiger partial charge in [0.2, 0.25) is 5.95 Å². The number of hydrogen-bond donors (Lipinski definition) is 2. The van der Waals surface area contributed by atoms with Crippen molar-refractivity contribution in [3.63, 3.8) is 0 Å². The number of nitrogens with one attached hydrogen (secondary N) is 1. The highest BCUT2D eigenvalue weighted by Gasteiger charge is 2.33. The maximum absolute atomic E-state index is 12.9. The number of halogens is 3. The lowest BCUT2D eigenvalue weighted by Crippen LogP contribution is -2.45. The largest absolute Gasteiger partial charge is 0.433 e. The molecule has 11 heteroatoms. The summed E-state index contributed by atoms with van der Waals surface area (Å²) in [4.78, 5) is 21.8. The minimum atomic E-state index is -4.53. The van der Waals surface area contributed by atoms with Gasteiger partial charge in [0, 0.05) is 31.4 Å². The molecule has 0 radical (unpaired) electrons. The Morgan fingerprint density at radius 1 is 1.13 bits per heavy atom. The van der Waals surface area contributed by atoms with Crippen LogP contribution >= 0.6 is 0 Å². The van der Waals surface area contributed by atoms with E-state index in [9.17, 15) is 23.1 Å². The normalized spacial score (nSPS) is 24.4. The average molecular weight is 438 g/mol. The minimum Gasteiger partial charge on any atom is -0.391 e. The van der Waals surface area contributed by atoms with Gasteiger partial charge in [-0.05, 0) is 50.7 Å². The third-order valence-electron chi connectivity index (χ3n) is 5.93. The fraction of sp³-hybridized carbons (Fsp3) is 0.600. The van der Waals surface area contributed by atoms with Gasteiger partial charge >= 0.3 is 6.18 Å². The Morgan fingerprint density at radius 2 is 1.97 bits per heavy atom. The van der Waals surface area contributed by atoms with E-state index in [1.165, 1.54) is 10.7 Å². The molecule has 2 aromatic heterocycles. The van der Waals surface area contributed by atoms with Gasteiger partial charge in [-0.3, -0.25) is 4.79 Å². The van der Waals surface area contributed by atoms with Crippen molar-refractivity contribution in [3.05, 3.63) is 40.4 Å². The van der Waals surface area contributed by atoms with Crippen molar-refractivity contribution in [3.8, 4) is 0 Å². The van der Waals surface area contributed by atoms with Crippen molar-refractivity contribution in [2.24, 2.45) is 0 Å². The van der Waals surface area contributed by atoms with Crippen LogP contribution in [-0.4, -0.2) is 50.1 Å². The third kappa shape index (κ3) is 4.81. The molecule has 1 aliphatic heterocycles. The lowest BCUT2D eigenvalue weighted by molar-refractivity contribution is -0.141. The third-order valence-corrected chi connectivity index (χ3v) is 5.93. The summed E-state index contributed by atoms with van der Waals surface area (Å²) in [7, 11) is 0. The fourth-order valence-corrected chi connectivity index (χ4v) is 4.34. The molecule has 2 aromatic rings. The number of rotatable bonds is 5. The molecule has 3 unspecified atom stereocenters. The van der Waals surface area contributed by atoms with E-state index in [2.05, 4.69) is 25.3 Å². The maximum Gasteiger partial charge on any atom is 0.433 e. The van der Waals surface area contributed by atoms with Crippen LogP contribution in [0.3, 0.4) is 0 Å². The molecule has 2 N–H and O–H groups in total. The van der Waals surface area contributed by atoms with Crippen LogP contribution in [0.5, 0.6) is 0 Å². The summed E-state index contributed by atoms with van der Waals surface area (Å²) in [5.74, 6) is 0.544. The second kappa shape index (κ2) is 8.81. The predicted octanol–water partition coefficient (Wildman–Crippen LogP) is 2.61. The number of piperidine rings is 1. The Bertz CT molecular complexity index is 966. The molecule has 0 amide bonds. The van der Waals surface area contributed by atoms with Crippen LogP contribution in [-0.2, 0) is 6.18 Å². The van der Waals surface area contributed by atoms with Crippen LogP contribution in [0.25, 0.3) is 0 Å². The molecule has 2 aliphatic rings. The van der Waals surface area contributed by atoms with E-state index in [0.29, 0.717) is 31.7 Å². The summed E-state index contributed by atoms with van der Waals surface area (Å²) in [5, 5.41) is 17.6. The first-order valence-electron chi connectivity index (χ1n) is 10.5. The molecule has 8 nitrogen and oxygen atoms in total. The average Bonchev–Trinajstić information content (AvgIpc) is 3.18. The molecule has 1 aliphatic carbocycles. The summed E-state index contributed by atoms with van der Waals surface area (Å²) < 4.78 is 40.1. The summed E-state index contributed by atoms with van der Waals surface area (Å²) in [6.07, 6.45) is 0.913. The highest BCUT2D eigenvalue weighted by molar-refractivity contribution is 5.40. The van der Waals surface area contributed by atoms with E-state index in [1.54, 1.807) is 6.07 Å². The number of aliphatic hydroxyl groups is 1. The quantitative estimate of drug-likeness (QED) is 0.741. The van der Waals surface area contributed by atoms with E-state index in [1.807, 2.05) is 0 Å². The van der Waals surface area contributed by atoms with Gasteiger partial charge in [0.1, 0.15) is 11.5 Å². The van der Waals surface area contributed by atoms with Crippen molar-refractivity contribution in [1.82, 2.24) is 19.7 Å². The molecule has 0 aromatic carbocycles. The maximum atomic E-state index is 12.9. The Labute approximate surface area is 177 Å². The molecule has 3 heterocycles. The van der Waals surface area contributed by atoms with Crippen LogP contribution in [0.15, 0.2) is 29.2 Å². The molecule has 168 valence electrons. The van der Waals surface area contributed by atoms with Crippen LogP contribution in [0.2, 0.25) is 0 Å². The van der Waals surface area contributed by atoms with E-state index >= 15 is 0 Å². The topological polar surface area (TPSA) is 96.2 Å². The molecule has 0 spiro atoms. The molecule has 1 saturated heterocycles. The predicted molar refractivity (Wildman–Crippen MR) is 108 cm³/mol. The molecule has 0 bridgehead atoms. The Balaban J connectivity index is 1.51. The fourth-order valence-electron chi connectivity index (χ4n) is 4.34. The summed E-state index contributed by atoms with van der Waals surface area (Å²) in [6, 6.07) is 3.59. The van der Waals surface area contributed by atoms with Gasteiger partial charge < -0.3 is 15.3 Å². The molecular formula is C20H25F3N6O2. The number of aliphatic hydroxyl groups excluding tert-OH is 1. The number of hydrogen-bond acceptors (Lipinski definition) is 7. The lowest BCUT2D eigenvalue weighted by atomic mass is 10.0. The standard InChI is InChI=1S/C20H25F3N6O2/c21-20(22,23)16-9-10-24-19(26-16)25-12-13-4-1-2-11-28(13)17-7-8-18(31)29(27-17)14-5-3-6-15(14)30/h7-10,13-15,30H,1-6,11-12H2,(H,24,25,26). The van der Waals surface area contributed by atoms with Gasteiger partial charge in [-0.15, -0.1) is 0 Å². The number of aromatic nitrogens is 4. The van der Waals surface area contributed by atoms with Crippen molar-refractivity contribution in [1.29, 1.82) is 0 Å². The molecule has 2 fully saturated rings. The zero-order valence-electron chi connectivity index (χ0n) is 16.9. The summed E-state index contributed by atoms with van der Waals surface area (Å²) in [5.41, 5.74) is -1.24. The van der Waals surface area contributed by atoms with Gasteiger partial charge in [-0.2, -0.15) is 18.3 Å². The summed E-state index contributed by atoms with van der Waals surface area (Å²) >= 11 is 0. The number of anilines is 2. The SMILES string of the molecule is O=c1ccc(N2CCCCC2CNc2nccc(C(F)(F)F)n2)nn1C1CCCC1O. The highest BCUT2D eigenvalue weighted by Crippen LogP contribution is 2.30. The van der Waals surface area contributed by atoms with E-state index in [-0.39, 0.29) is 23.6 Å². The van der Waals surface area contributed by atoms with Gasteiger partial charge in [-0.25, -0.2) is 14.6 Å². The zero-order chi connectivity index (χ0) is 22.0. The number of alkyl halides is 3. The van der Waals surface area contributed by atoms with Crippen LogP contribution in [0.4, 0.5) is 24.9 Å². The van der Waals surface area contributed by atoms with Crippen LogP contribution in [0.1, 0.15) is 50.3 Å². The summed E-state index contributed by atoms with van der Waals surface area (Å²) in [6.45, 7) is 1.06. The molecular weight excluding hydrogens is 413 g/mol. The monoisotopic (exact) mass is 438 g/mol. The Kier molecular flexibility index (Phi) is 6.12. The van der Waals surface area contributed by atoms with Crippen LogP contribution in [0, 0.1) is 0 Å². The van der Waals surface area contributed by atoms with Gasteiger partial charge in [0.25, 0.3) is 5.56 Å². The second-order valence-corrected chi connectivity index (χ2v) is 8.03. The lowest BCUT2D eigenvalue weighted by Gasteiger charge is -2.37. The van der Waals surface area contributed by atoms with E-state index < -0.39 is 18.0 Å². The highest BCUT2D eigenvalue weighted by atomic mass is 19.4. The first-order chi connectivity index (χ1) is 14.8. The van der Waals surface area contributed by atoms with Crippen molar-refractivity contribution in [2.75, 3.05) is 23.3 Å². The smallest absolute Gasteiger partial charge is 0.391 e. The zero-order valence-corrected chi connectivity index (χ0v) is 16.9. The van der Waals surface area contributed by atoms with Crippen molar-refractivity contribution < 1.29 is 18.3 Å². The molecule has 3 atom stereocenters. The van der Waals surface area contributed by atoms with Crippen LogP contribution < -0.4 is 15.8 Å². The Morgan fingerprint density at radius 3 is 2.71 bits per heavy atom. The molecule has 31 heavy (non-hydrogen) atoms. The number of nitrogens with zero attached hydrogens (tertiary/aromatic N) is 5. The van der Waals surface area contributed by atoms with Gasteiger partial charge in [0.05, 0.1) is 12.1 Å². The van der Waals surface area contributed by atoms with E-state index in [0.717, 1.165) is 37.9 Å². The first-order valence-corrected chi connectivity index (χ1v) is 10.5. The van der Waals surface area contributed by atoms with Gasteiger partial charge in [0.15, 0.2) is 0 Å². The second-order valence-electron chi connectivity index (χ2n) is 8.03. The molecule has 1 saturated carbocycles. The molecule has 4 rings (SSSR count). The van der Waals surface area contributed by atoms with E-state index in [4.69, 9.17) is 0 Å². The van der Waals surface area contributed by atoms with Gasteiger partial charge in [-0.1, -0.05) is 0 Å². The first kappa shape index (κ1) is 21.5. The Hall–Kier alpha value is -2.69. The minimum absolute atomic E-state index is 0.0427. The van der Waals surface area contributed by atoms with Crippen molar-refractivity contribution >= 4 is 11.8 Å².